The summed E-state index contributed by atoms with van der Waals surface area (Å²) < 4.78 is 18.8. The Labute approximate surface area is 149 Å². The number of H-pyrrole nitrogens is 2. The summed E-state index contributed by atoms with van der Waals surface area (Å²) in [5.41, 5.74) is 1.39. The lowest BCUT2D eigenvalue weighted by molar-refractivity contribution is 0.0700. The Morgan fingerprint density at radius 2 is 2.27 bits per heavy atom. The zero-order valence-corrected chi connectivity index (χ0v) is 14.0. The predicted molar refractivity (Wildman–Crippen MR) is 91.5 cm³/mol. The van der Waals surface area contributed by atoms with Gasteiger partial charge in [0.1, 0.15) is 17.3 Å². The van der Waals surface area contributed by atoms with Crippen LogP contribution in [0.3, 0.4) is 0 Å². The van der Waals surface area contributed by atoms with Crippen molar-refractivity contribution < 1.29 is 13.9 Å². The first kappa shape index (κ1) is 16.3. The minimum Gasteiger partial charge on any atom is -0.437 e. The molecule has 4 rings (SSSR count). The lowest BCUT2D eigenvalue weighted by Crippen LogP contribution is -2.39. The molecule has 1 saturated heterocycles. The highest BCUT2D eigenvalue weighted by Crippen LogP contribution is 2.29. The molecule has 2 aromatic heterocycles. The molecule has 0 saturated carbocycles. The van der Waals surface area contributed by atoms with E-state index in [2.05, 4.69) is 20.2 Å². The number of likely N-dealkylation sites (tertiary alicyclic amines) is 1. The number of nitrogens with zero attached hydrogens (tertiary/aromatic N) is 3. The number of hydrogen-bond donors (Lipinski definition) is 2. The van der Waals surface area contributed by atoms with Gasteiger partial charge in [-0.1, -0.05) is 6.07 Å². The van der Waals surface area contributed by atoms with Crippen LogP contribution in [0.5, 0.6) is 11.6 Å². The summed E-state index contributed by atoms with van der Waals surface area (Å²) in [5.74, 6) is 0.500. The molecule has 1 aliphatic heterocycles. The van der Waals surface area contributed by atoms with Gasteiger partial charge in [-0.25, -0.2) is 9.37 Å². The Kier molecular flexibility index (Phi) is 4.39. The quantitative estimate of drug-likeness (QED) is 0.753. The molecule has 7 nitrogen and oxygen atoms in total. The van der Waals surface area contributed by atoms with Crippen molar-refractivity contribution in [2.24, 2.45) is 0 Å². The maximum atomic E-state index is 13.2. The summed E-state index contributed by atoms with van der Waals surface area (Å²) in [6.07, 6.45) is 4.89. The van der Waals surface area contributed by atoms with Crippen LogP contribution in [0.4, 0.5) is 4.39 Å². The Balaban J connectivity index is 1.44. The third-order valence-corrected chi connectivity index (χ3v) is 4.47. The zero-order chi connectivity index (χ0) is 17.9. The number of carbonyl (C=O) groups is 1. The summed E-state index contributed by atoms with van der Waals surface area (Å²) in [7, 11) is 0. The summed E-state index contributed by atoms with van der Waals surface area (Å²) in [5, 5.41) is 7.12. The lowest BCUT2D eigenvalue weighted by atomic mass is 9.94. The molecular weight excluding hydrogens is 337 g/mol. The van der Waals surface area contributed by atoms with Gasteiger partial charge >= 0.3 is 0 Å². The van der Waals surface area contributed by atoms with E-state index < -0.39 is 0 Å². The average Bonchev–Trinajstić information content (AvgIpc) is 3.33. The summed E-state index contributed by atoms with van der Waals surface area (Å²) in [4.78, 5) is 21.1. The highest BCUT2D eigenvalue weighted by atomic mass is 19.1. The third-order valence-electron chi connectivity index (χ3n) is 4.47. The minimum atomic E-state index is -0.362. The van der Waals surface area contributed by atoms with Crippen LogP contribution in [-0.2, 0) is 0 Å². The largest absolute Gasteiger partial charge is 0.437 e. The molecule has 0 aliphatic carbocycles. The van der Waals surface area contributed by atoms with Gasteiger partial charge in [0.15, 0.2) is 0 Å². The van der Waals surface area contributed by atoms with Crippen LogP contribution in [0.15, 0.2) is 42.9 Å². The van der Waals surface area contributed by atoms with Crippen molar-refractivity contribution in [2.75, 3.05) is 13.1 Å². The van der Waals surface area contributed by atoms with E-state index in [1.807, 2.05) is 4.90 Å². The van der Waals surface area contributed by atoms with Gasteiger partial charge in [-0.15, -0.1) is 5.10 Å². The smallest absolute Gasteiger partial charge is 0.271 e. The van der Waals surface area contributed by atoms with Crippen LogP contribution < -0.4 is 4.74 Å². The Morgan fingerprint density at radius 1 is 1.35 bits per heavy atom. The van der Waals surface area contributed by atoms with Crippen molar-refractivity contribution in [3.05, 3.63) is 60.1 Å². The fourth-order valence-corrected chi connectivity index (χ4v) is 3.19. The summed E-state index contributed by atoms with van der Waals surface area (Å²) >= 11 is 0. The molecule has 1 aromatic carbocycles. The van der Waals surface area contributed by atoms with Crippen LogP contribution in [0.25, 0.3) is 0 Å². The number of imidazole rings is 1. The molecule has 0 bridgehead atoms. The highest BCUT2D eigenvalue weighted by Gasteiger charge is 2.27. The number of amides is 1. The van der Waals surface area contributed by atoms with E-state index in [1.165, 1.54) is 24.7 Å². The van der Waals surface area contributed by atoms with E-state index in [9.17, 15) is 9.18 Å². The van der Waals surface area contributed by atoms with Crippen molar-refractivity contribution in [1.29, 1.82) is 0 Å². The number of rotatable bonds is 4. The molecule has 2 N–H and O–H groups in total. The second-order valence-electron chi connectivity index (χ2n) is 6.28. The molecule has 1 amide bonds. The van der Waals surface area contributed by atoms with Gasteiger partial charge in [-0.2, -0.15) is 0 Å². The molecule has 8 heteroatoms. The zero-order valence-electron chi connectivity index (χ0n) is 14.0. The fraction of sp³-hybridized carbons (Fsp3) is 0.278. The molecule has 134 valence electrons. The average molecular weight is 355 g/mol. The van der Waals surface area contributed by atoms with E-state index in [0.717, 1.165) is 25.1 Å². The van der Waals surface area contributed by atoms with Crippen LogP contribution in [0.2, 0.25) is 0 Å². The SMILES string of the molecule is O=C(c1cnc[nH]1)N1CCC[C@H](c2cc(Oc3cccc(F)c3)n[nH]2)C1. The molecule has 0 radical (unpaired) electrons. The number of halogens is 1. The number of piperidine rings is 1. The first-order valence-electron chi connectivity index (χ1n) is 8.45. The molecule has 1 fully saturated rings. The second kappa shape index (κ2) is 6.99. The molecule has 26 heavy (non-hydrogen) atoms. The van der Waals surface area contributed by atoms with Crippen molar-refractivity contribution in [3.63, 3.8) is 0 Å². The van der Waals surface area contributed by atoms with Crippen molar-refractivity contribution in [2.45, 2.75) is 18.8 Å². The monoisotopic (exact) mass is 355 g/mol. The topological polar surface area (TPSA) is 86.9 Å². The Hall–Kier alpha value is -3.16. The van der Waals surface area contributed by atoms with Crippen molar-refractivity contribution in [3.8, 4) is 11.6 Å². The molecular formula is C18H18FN5O2. The maximum absolute atomic E-state index is 13.2. The van der Waals surface area contributed by atoms with Crippen LogP contribution >= 0.6 is 0 Å². The molecule has 0 unspecified atom stereocenters. The molecule has 0 spiro atoms. The van der Waals surface area contributed by atoms with E-state index in [1.54, 1.807) is 18.2 Å². The standard InChI is InChI=1S/C18H18FN5O2/c19-13-4-1-5-14(7-13)26-17-8-15(22-23-17)12-3-2-6-24(10-12)18(25)16-9-20-11-21-16/h1,4-5,7-9,11-12H,2-3,6,10H2,(H,20,21)(H,22,23)/t12-/m0/s1. The van der Waals surface area contributed by atoms with Gasteiger partial charge in [0.25, 0.3) is 5.91 Å². The van der Waals surface area contributed by atoms with E-state index in [-0.39, 0.29) is 17.6 Å². The van der Waals surface area contributed by atoms with Crippen LogP contribution in [-0.4, -0.2) is 44.1 Å². The van der Waals surface area contributed by atoms with Gasteiger partial charge in [-0.05, 0) is 25.0 Å². The number of nitrogens with one attached hydrogen (secondary N) is 2. The van der Waals surface area contributed by atoms with Gasteiger partial charge < -0.3 is 14.6 Å². The number of carbonyl (C=O) groups excluding carboxylic acids is 1. The Morgan fingerprint density at radius 3 is 3.08 bits per heavy atom. The maximum Gasteiger partial charge on any atom is 0.271 e. The van der Waals surface area contributed by atoms with Gasteiger partial charge in [0, 0.05) is 36.8 Å². The first-order valence-corrected chi connectivity index (χ1v) is 8.45. The minimum absolute atomic E-state index is 0.0528. The Bertz CT molecular complexity index is 893. The number of hydrogen-bond acceptors (Lipinski definition) is 4. The van der Waals surface area contributed by atoms with Crippen molar-refractivity contribution >= 4 is 5.91 Å². The third kappa shape index (κ3) is 3.44. The van der Waals surface area contributed by atoms with Gasteiger partial charge in [0.2, 0.25) is 5.88 Å². The van der Waals surface area contributed by atoms with Gasteiger partial charge in [0.05, 0.1) is 12.5 Å². The molecule has 1 atom stereocenters. The molecule has 3 aromatic rings. The van der Waals surface area contributed by atoms with Gasteiger partial charge in [-0.3, -0.25) is 9.89 Å². The van der Waals surface area contributed by atoms with Crippen LogP contribution in [0, 0.1) is 5.82 Å². The molecule has 3 heterocycles. The number of benzene rings is 1. The summed E-state index contributed by atoms with van der Waals surface area (Å²) in [6, 6.07) is 7.72. The van der Waals surface area contributed by atoms with Crippen molar-refractivity contribution in [1.82, 2.24) is 25.1 Å². The fourth-order valence-electron chi connectivity index (χ4n) is 3.19. The van der Waals surface area contributed by atoms with E-state index >= 15 is 0 Å². The molecule has 1 aliphatic rings. The second-order valence-corrected chi connectivity index (χ2v) is 6.28. The number of ether oxygens (including phenoxy) is 1. The van der Waals surface area contributed by atoms with E-state index in [0.29, 0.717) is 23.9 Å². The number of aromatic amines is 2. The summed E-state index contributed by atoms with van der Waals surface area (Å²) in [6.45, 7) is 1.31. The lowest BCUT2D eigenvalue weighted by Gasteiger charge is -2.31. The van der Waals surface area contributed by atoms with Crippen LogP contribution in [0.1, 0.15) is 34.9 Å². The highest BCUT2D eigenvalue weighted by molar-refractivity contribution is 5.92. The predicted octanol–water partition coefficient (Wildman–Crippen LogP) is 3.08. The van der Waals surface area contributed by atoms with E-state index in [4.69, 9.17) is 4.74 Å². The first-order chi connectivity index (χ1) is 12.7. The normalized spacial score (nSPS) is 17.3. The number of aromatic nitrogens is 4.